The highest BCUT2D eigenvalue weighted by molar-refractivity contribution is 5.95. The van der Waals surface area contributed by atoms with Crippen molar-refractivity contribution in [3.63, 3.8) is 0 Å². The van der Waals surface area contributed by atoms with Crippen molar-refractivity contribution in [2.24, 2.45) is 4.99 Å². The number of hydrogen-bond donors (Lipinski definition) is 0. The van der Waals surface area contributed by atoms with E-state index >= 15 is 0 Å². The van der Waals surface area contributed by atoms with Gasteiger partial charge in [0.25, 0.3) is 0 Å². The van der Waals surface area contributed by atoms with Crippen molar-refractivity contribution in [1.82, 2.24) is 4.90 Å². The lowest BCUT2D eigenvalue weighted by Crippen LogP contribution is -2.34. The van der Waals surface area contributed by atoms with Crippen LogP contribution in [0.25, 0.3) is 5.57 Å². The minimum Gasteiger partial charge on any atom is -0.360 e. The van der Waals surface area contributed by atoms with Gasteiger partial charge in [-0.05, 0) is 36.6 Å². The van der Waals surface area contributed by atoms with E-state index in [-0.39, 0.29) is 5.92 Å². The zero-order valence-electron chi connectivity index (χ0n) is 14.4. The molecule has 1 aliphatic heterocycles. The number of nitrogens with zero attached hydrogens (tertiary/aromatic N) is 2. The lowest BCUT2D eigenvalue weighted by atomic mass is 9.92. The molecular formula is C22H24N2. The normalized spacial score (nSPS) is 17.0. The van der Waals surface area contributed by atoms with Crippen molar-refractivity contribution in [3.8, 4) is 0 Å². The average molecular weight is 316 g/mol. The molecule has 2 aromatic carbocycles. The van der Waals surface area contributed by atoms with Crippen LogP contribution in [0.2, 0.25) is 0 Å². The highest BCUT2D eigenvalue weighted by Gasteiger charge is 2.22. The number of allylic oxidation sites excluding steroid dienone is 2. The van der Waals surface area contributed by atoms with Gasteiger partial charge in [-0.1, -0.05) is 66.7 Å². The van der Waals surface area contributed by atoms with Crippen LogP contribution >= 0.6 is 0 Å². The fraction of sp³-hybridized carbons (Fsp3) is 0.227. The first-order chi connectivity index (χ1) is 11.8. The van der Waals surface area contributed by atoms with E-state index in [9.17, 15) is 0 Å². The summed E-state index contributed by atoms with van der Waals surface area (Å²) in [5.74, 6) is 1.28. The third kappa shape index (κ3) is 3.48. The second-order valence-corrected chi connectivity index (χ2v) is 5.85. The molecule has 0 spiro atoms. The van der Waals surface area contributed by atoms with Gasteiger partial charge in [-0.2, -0.15) is 0 Å². The number of likely N-dealkylation sites (N-methyl/N-ethyl adjacent to an activating group) is 1. The fourth-order valence-corrected chi connectivity index (χ4v) is 3.14. The van der Waals surface area contributed by atoms with E-state index in [2.05, 4.69) is 91.6 Å². The largest absolute Gasteiger partial charge is 0.360 e. The predicted molar refractivity (Wildman–Crippen MR) is 103 cm³/mol. The molecule has 0 radical (unpaired) electrons. The quantitative estimate of drug-likeness (QED) is 0.764. The molecule has 1 unspecified atom stereocenters. The summed E-state index contributed by atoms with van der Waals surface area (Å²) in [7, 11) is 0. The van der Waals surface area contributed by atoms with Gasteiger partial charge in [0.1, 0.15) is 5.84 Å². The van der Waals surface area contributed by atoms with E-state index in [0.717, 1.165) is 18.9 Å². The lowest BCUT2D eigenvalue weighted by molar-refractivity contribution is 0.454. The van der Waals surface area contributed by atoms with E-state index in [1.54, 1.807) is 0 Å². The first kappa shape index (κ1) is 16.3. The molecule has 0 saturated heterocycles. The summed E-state index contributed by atoms with van der Waals surface area (Å²) in [5.41, 5.74) is 3.72. The van der Waals surface area contributed by atoms with Crippen LogP contribution in [0.15, 0.2) is 84.0 Å². The van der Waals surface area contributed by atoms with Crippen molar-refractivity contribution in [2.75, 3.05) is 13.1 Å². The van der Waals surface area contributed by atoms with Crippen LogP contribution in [-0.2, 0) is 0 Å². The van der Waals surface area contributed by atoms with Crippen LogP contribution in [0.5, 0.6) is 0 Å². The Labute approximate surface area is 144 Å². The van der Waals surface area contributed by atoms with Gasteiger partial charge in [0.2, 0.25) is 0 Å². The number of hydrogen-bond acceptors (Lipinski definition) is 2. The summed E-state index contributed by atoms with van der Waals surface area (Å²) in [4.78, 5) is 7.15. The van der Waals surface area contributed by atoms with Crippen molar-refractivity contribution in [3.05, 3.63) is 90.1 Å². The van der Waals surface area contributed by atoms with E-state index in [1.165, 1.54) is 16.7 Å². The smallest absolute Gasteiger partial charge is 0.115 e. The van der Waals surface area contributed by atoms with E-state index in [4.69, 9.17) is 4.99 Å². The maximum Gasteiger partial charge on any atom is 0.115 e. The molecule has 0 saturated carbocycles. The fourth-order valence-electron chi connectivity index (χ4n) is 3.14. The van der Waals surface area contributed by atoms with Gasteiger partial charge < -0.3 is 4.90 Å². The van der Waals surface area contributed by atoms with E-state index in [0.29, 0.717) is 0 Å². The Morgan fingerprint density at radius 1 is 0.875 bits per heavy atom. The first-order valence-corrected chi connectivity index (χ1v) is 8.64. The standard InChI is InChI=1S/C22H24N2/c1-3-24(4-2)22-21(19-13-9-6-10-14-19)17-20(15-16-23-22)18-11-7-5-8-12-18/h5-17,21H,3-4H2,1-2H3. The van der Waals surface area contributed by atoms with Gasteiger partial charge >= 0.3 is 0 Å². The molecule has 0 aliphatic carbocycles. The maximum atomic E-state index is 4.81. The Morgan fingerprint density at radius 2 is 1.50 bits per heavy atom. The molecule has 1 heterocycles. The zero-order chi connectivity index (χ0) is 16.8. The van der Waals surface area contributed by atoms with Gasteiger partial charge in [0.15, 0.2) is 0 Å². The molecule has 0 fully saturated rings. The summed E-state index contributed by atoms with van der Waals surface area (Å²) in [5, 5.41) is 0. The number of aliphatic imine (C=N–C) groups is 1. The molecule has 24 heavy (non-hydrogen) atoms. The summed E-state index contributed by atoms with van der Waals surface area (Å²) in [6.07, 6.45) is 6.39. The number of benzene rings is 2. The number of rotatable bonds is 4. The molecule has 0 N–H and O–H groups in total. The molecule has 1 aliphatic rings. The molecule has 1 atom stereocenters. The predicted octanol–water partition coefficient (Wildman–Crippen LogP) is 5.12. The highest BCUT2D eigenvalue weighted by Crippen LogP contribution is 2.29. The molecule has 2 aromatic rings. The first-order valence-electron chi connectivity index (χ1n) is 8.64. The Hall–Kier alpha value is -2.61. The van der Waals surface area contributed by atoms with Crippen LogP contribution in [0.1, 0.15) is 30.9 Å². The van der Waals surface area contributed by atoms with Crippen molar-refractivity contribution in [1.29, 1.82) is 0 Å². The second-order valence-electron chi connectivity index (χ2n) is 5.85. The van der Waals surface area contributed by atoms with Crippen LogP contribution in [0.4, 0.5) is 0 Å². The van der Waals surface area contributed by atoms with Gasteiger partial charge in [0.05, 0.1) is 5.92 Å². The van der Waals surface area contributed by atoms with Crippen LogP contribution in [-0.4, -0.2) is 23.8 Å². The average Bonchev–Trinajstić information content (AvgIpc) is 2.88. The minimum absolute atomic E-state index is 0.163. The monoisotopic (exact) mass is 316 g/mol. The second kappa shape index (κ2) is 7.78. The lowest BCUT2D eigenvalue weighted by Gasteiger charge is -2.27. The Morgan fingerprint density at radius 3 is 2.12 bits per heavy atom. The Bertz CT molecular complexity index is 738. The van der Waals surface area contributed by atoms with Crippen molar-refractivity contribution >= 4 is 11.4 Å². The van der Waals surface area contributed by atoms with Gasteiger partial charge in [-0.3, -0.25) is 0 Å². The Kier molecular flexibility index (Phi) is 5.27. The zero-order valence-corrected chi connectivity index (χ0v) is 14.4. The molecule has 0 amide bonds. The third-order valence-corrected chi connectivity index (χ3v) is 4.44. The van der Waals surface area contributed by atoms with Crippen LogP contribution < -0.4 is 0 Å². The summed E-state index contributed by atoms with van der Waals surface area (Å²) >= 11 is 0. The van der Waals surface area contributed by atoms with Gasteiger partial charge in [0, 0.05) is 19.3 Å². The van der Waals surface area contributed by atoms with Crippen molar-refractivity contribution in [2.45, 2.75) is 19.8 Å². The molecule has 2 heteroatoms. The topological polar surface area (TPSA) is 15.6 Å². The molecule has 0 aromatic heterocycles. The third-order valence-electron chi connectivity index (χ3n) is 4.44. The van der Waals surface area contributed by atoms with E-state index < -0.39 is 0 Å². The SMILES string of the molecule is CCN(CC)C1=NC=CC(c2ccccc2)=CC1c1ccccc1. The van der Waals surface area contributed by atoms with E-state index in [1.807, 2.05) is 6.20 Å². The molecule has 2 nitrogen and oxygen atoms in total. The minimum atomic E-state index is 0.163. The van der Waals surface area contributed by atoms with Gasteiger partial charge in [-0.25, -0.2) is 4.99 Å². The molecule has 3 rings (SSSR count). The number of amidine groups is 1. The maximum absolute atomic E-state index is 4.81. The summed E-state index contributed by atoms with van der Waals surface area (Å²) < 4.78 is 0. The van der Waals surface area contributed by atoms with Gasteiger partial charge in [-0.15, -0.1) is 0 Å². The Balaban J connectivity index is 2.08. The van der Waals surface area contributed by atoms with Crippen LogP contribution in [0, 0.1) is 0 Å². The summed E-state index contributed by atoms with van der Waals surface area (Å²) in [6, 6.07) is 21.2. The molecule has 0 bridgehead atoms. The molecule has 122 valence electrons. The highest BCUT2D eigenvalue weighted by atomic mass is 15.2. The molecular weight excluding hydrogens is 292 g/mol. The van der Waals surface area contributed by atoms with Crippen LogP contribution in [0.3, 0.4) is 0 Å². The van der Waals surface area contributed by atoms with Crippen molar-refractivity contribution < 1.29 is 0 Å². The summed E-state index contributed by atoms with van der Waals surface area (Å²) in [6.45, 7) is 6.29.